The highest BCUT2D eigenvalue weighted by atomic mass is 19.3. The van der Waals surface area contributed by atoms with E-state index in [4.69, 9.17) is 4.74 Å². The van der Waals surface area contributed by atoms with Gasteiger partial charge in [0, 0.05) is 43.6 Å². The first-order valence-corrected chi connectivity index (χ1v) is 10.8. The molecular weight excluding hydrogens is 444 g/mol. The number of aromatic nitrogens is 4. The largest absolute Gasteiger partial charge is 0.444 e. The summed E-state index contributed by atoms with van der Waals surface area (Å²) in [7, 11) is 0. The number of piperazine rings is 1. The minimum atomic E-state index is -2.77. The molecule has 0 aromatic carbocycles. The summed E-state index contributed by atoms with van der Waals surface area (Å²) in [5, 5.41) is 9.42. The van der Waals surface area contributed by atoms with Crippen LogP contribution in [0.2, 0.25) is 0 Å². The Morgan fingerprint density at radius 3 is 2.68 bits per heavy atom. The van der Waals surface area contributed by atoms with Crippen LogP contribution in [0.25, 0.3) is 16.9 Å². The lowest BCUT2D eigenvalue weighted by Gasteiger charge is -2.40. The van der Waals surface area contributed by atoms with Crippen LogP contribution in [0.1, 0.15) is 45.2 Å². The third-order valence-electron chi connectivity index (χ3n) is 5.50. The molecule has 3 aromatic rings. The van der Waals surface area contributed by atoms with Gasteiger partial charge in [-0.15, -0.1) is 0 Å². The number of rotatable bonds is 3. The fourth-order valence-corrected chi connectivity index (χ4v) is 4.01. The second-order valence-electron chi connectivity index (χ2n) is 9.13. The third kappa shape index (κ3) is 4.48. The third-order valence-corrected chi connectivity index (χ3v) is 5.50. The van der Waals surface area contributed by atoms with E-state index in [0.717, 1.165) is 0 Å². The zero-order valence-electron chi connectivity index (χ0n) is 19.4. The molecule has 1 amide bonds. The van der Waals surface area contributed by atoms with Crippen LogP contribution >= 0.6 is 0 Å². The van der Waals surface area contributed by atoms with Gasteiger partial charge in [0.25, 0.3) is 6.43 Å². The summed E-state index contributed by atoms with van der Waals surface area (Å²) in [4.78, 5) is 28.9. The fourth-order valence-electron chi connectivity index (χ4n) is 4.01. The SMILES string of the molecule is C[C@@H]1CN(c2ncnc3c2c(C(F)F)cn3-c2cc(C#N)ccn2)CCN1C(=O)OC(C)(C)C. The molecule has 0 saturated carbocycles. The first-order valence-electron chi connectivity index (χ1n) is 10.8. The van der Waals surface area contributed by atoms with Gasteiger partial charge < -0.3 is 14.5 Å². The van der Waals surface area contributed by atoms with Crippen LogP contribution in [0.5, 0.6) is 0 Å². The van der Waals surface area contributed by atoms with Crippen molar-refractivity contribution in [2.45, 2.75) is 45.8 Å². The number of carbonyl (C=O) groups is 1. The molecule has 1 saturated heterocycles. The number of alkyl halides is 2. The van der Waals surface area contributed by atoms with Crippen LogP contribution in [0.3, 0.4) is 0 Å². The minimum Gasteiger partial charge on any atom is -0.444 e. The van der Waals surface area contributed by atoms with E-state index in [9.17, 15) is 18.8 Å². The summed E-state index contributed by atoms with van der Waals surface area (Å²) in [6, 6.07) is 4.85. The van der Waals surface area contributed by atoms with E-state index >= 15 is 0 Å². The van der Waals surface area contributed by atoms with Crippen LogP contribution in [0.15, 0.2) is 30.9 Å². The average molecular weight is 469 g/mol. The summed E-state index contributed by atoms with van der Waals surface area (Å²) < 4.78 is 35.1. The van der Waals surface area contributed by atoms with Gasteiger partial charge in [-0.3, -0.25) is 4.57 Å². The molecule has 9 nitrogen and oxygen atoms in total. The number of amides is 1. The molecule has 11 heteroatoms. The Kier molecular flexibility index (Phi) is 6.08. The highest BCUT2D eigenvalue weighted by Gasteiger charge is 2.33. The number of nitriles is 1. The smallest absolute Gasteiger partial charge is 0.410 e. The van der Waals surface area contributed by atoms with Crippen LogP contribution < -0.4 is 4.90 Å². The first-order chi connectivity index (χ1) is 16.1. The fraction of sp³-hybridized carbons (Fsp3) is 0.435. The van der Waals surface area contributed by atoms with Crippen molar-refractivity contribution in [3.05, 3.63) is 42.0 Å². The van der Waals surface area contributed by atoms with Crippen molar-refractivity contribution in [1.82, 2.24) is 24.4 Å². The average Bonchev–Trinajstić information content (AvgIpc) is 3.18. The van der Waals surface area contributed by atoms with Crippen molar-refractivity contribution in [1.29, 1.82) is 5.26 Å². The molecule has 0 bridgehead atoms. The zero-order valence-corrected chi connectivity index (χ0v) is 19.4. The Morgan fingerprint density at radius 1 is 1.26 bits per heavy atom. The maximum Gasteiger partial charge on any atom is 0.410 e. The maximum atomic E-state index is 14.1. The Labute approximate surface area is 195 Å². The van der Waals surface area contributed by atoms with Gasteiger partial charge in [0.2, 0.25) is 0 Å². The Hall–Kier alpha value is -3.81. The zero-order chi connectivity index (χ0) is 24.6. The molecule has 4 heterocycles. The molecule has 178 valence electrons. The lowest BCUT2D eigenvalue weighted by Crippen LogP contribution is -2.55. The summed E-state index contributed by atoms with van der Waals surface area (Å²) in [6.07, 6.45) is 0.879. The van der Waals surface area contributed by atoms with Crippen molar-refractivity contribution in [3.63, 3.8) is 0 Å². The molecule has 3 aromatic heterocycles. The Bertz CT molecular complexity index is 1260. The van der Waals surface area contributed by atoms with Crippen molar-refractivity contribution >= 4 is 22.9 Å². The van der Waals surface area contributed by atoms with Gasteiger partial charge in [0.05, 0.1) is 17.0 Å². The number of anilines is 1. The van der Waals surface area contributed by atoms with Gasteiger partial charge in [0.15, 0.2) is 5.65 Å². The van der Waals surface area contributed by atoms with E-state index in [-0.39, 0.29) is 22.6 Å². The van der Waals surface area contributed by atoms with E-state index in [1.165, 1.54) is 35.4 Å². The van der Waals surface area contributed by atoms with Crippen LogP contribution in [0, 0.1) is 11.3 Å². The van der Waals surface area contributed by atoms with Gasteiger partial charge in [-0.05, 0) is 39.8 Å². The number of ether oxygens (including phenoxy) is 1. The molecular formula is C23H25F2N7O2. The normalized spacial score (nSPS) is 16.7. The van der Waals surface area contributed by atoms with E-state index in [2.05, 4.69) is 15.0 Å². The van der Waals surface area contributed by atoms with E-state index in [1.807, 2.05) is 17.9 Å². The summed E-state index contributed by atoms with van der Waals surface area (Å²) in [5.74, 6) is 0.676. The maximum absolute atomic E-state index is 14.1. The summed E-state index contributed by atoms with van der Waals surface area (Å²) in [6.45, 7) is 8.44. The molecule has 1 aliphatic rings. The lowest BCUT2D eigenvalue weighted by molar-refractivity contribution is 0.0159. The number of halogens is 2. The summed E-state index contributed by atoms with van der Waals surface area (Å²) in [5.41, 5.74) is -0.215. The number of fused-ring (bicyclic) bond motifs is 1. The number of nitrogens with zero attached hydrogens (tertiary/aromatic N) is 7. The molecule has 1 aliphatic heterocycles. The van der Waals surface area contributed by atoms with Crippen molar-refractivity contribution in [2.24, 2.45) is 0 Å². The predicted molar refractivity (Wildman–Crippen MR) is 121 cm³/mol. The van der Waals surface area contributed by atoms with Crippen molar-refractivity contribution in [2.75, 3.05) is 24.5 Å². The molecule has 0 spiro atoms. The van der Waals surface area contributed by atoms with Gasteiger partial charge in [0.1, 0.15) is 23.6 Å². The molecule has 0 aliphatic carbocycles. The second kappa shape index (κ2) is 8.85. The quantitative estimate of drug-likeness (QED) is 0.570. The van der Waals surface area contributed by atoms with Crippen LogP contribution in [0.4, 0.5) is 19.4 Å². The van der Waals surface area contributed by atoms with Gasteiger partial charge in [-0.1, -0.05) is 0 Å². The number of carbonyl (C=O) groups excluding carboxylic acids is 1. The van der Waals surface area contributed by atoms with Gasteiger partial charge in [-0.25, -0.2) is 28.5 Å². The van der Waals surface area contributed by atoms with E-state index < -0.39 is 18.1 Å². The first kappa shape index (κ1) is 23.4. The van der Waals surface area contributed by atoms with Crippen LogP contribution in [-0.4, -0.2) is 61.8 Å². The topological polar surface area (TPSA) is 100 Å². The van der Waals surface area contributed by atoms with Gasteiger partial charge in [-0.2, -0.15) is 5.26 Å². The number of pyridine rings is 1. The Balaban J connectivity index is 1.71. The van der Waals surface area contributed by atoms with Gasteiger partial charge >= 0.3 is 6.09 Å². The number of hydrogen-bond acceptors (Lipinski definition) is 7. The second-order valence-corrected chi connectivity index (χ2v) is 9.13. The predicted octanol–water partition coefficient (Wildman–Crippen LogP) is 4.07. The molecule has 1 fully saturated rings. The van der Waals surface area contributed by atoms with E-state index in [1.54, 1.807) is 25.7 Å². The molecule has 0 radical (unpaired) electrons. The Morgan fingerprint density at radius 2 is 2.03 bits per heavy atom. The highest BCUT2D eigenvalue weighted by molar-refractivity contribution is 5.92. The van der Waals surface area contributed by atoms with Crippen molar-refractivity contribution < 1.29 is 18.3 Å². The molecule has 1 atom stereocenters. The molecule has 0 N–H and O–H groups in total. The highest BCUT2D eigenvalue weighted by Crippen LogP contribution is 2.36. The van der Waals surface area contributed by atoms with Crippen LogP contribution in [-0.2, 0) is 4.74 Å². The van der Waals surface area contributed by atoms with E-state index in [0.29, 0.717) is 36.8 Å². The molecule has 34 heavy (non-hydrogen) atoms. The standard InChI is InChI=1S/C23H25F2N7O2/c1-14-11-30(7-8-31(14)22(33)34-23(2,3)4)20-18-16(19(24)25)12-32(21(18)29-13-28-20)17-9-15(10-26)5-6-27-17/h5-6,9,12-14,19H,7-8,11H2,1-4H3/t14-/m1/s1. The number of hydrogen-bond donors (Lipinski definition) is 0. The summed E-state index contributed by atoms with van der Waals surface area (Å²) >= 11 is 0. The van der Waals surface area contributed by atoms with Crippen molar-refractivity contribution in [3.8, 4) is 11.9 Å². The molecule has 0 unspecified atom stereocenters. The lowest BCUT2D eigenvalue weighted by atomic mass is 10.1. The minimum absolute atomic E-state index is 0.222. The molecule has 4 rings (SSSR count). The monoisotopic (exact) mass is 469 g/mol.